The lowest BCUT2D eigenvalue weighted by molar-refractivity contribution is -0.134. The first-order valence-electron chi connectivity index (χ1n) is 12.8. The second kappa shape index (κ2) is 12.9. The summed E-state index contributed by atoms with van der Waals surface area (Å²) in [6, 6.07) is 9.84. The van der Waals surface area contributed by atoms with Crippen LogP contribution in [0.4, 0.5) is 10.5 Å². The van der Waals surface area contributed by atoms with Crippen molar-refractivity contribution in [3.05, 3.63) is 53.1 Å². The zero-order chi connectivity index (χ0) is 28.9. The fourth-order valence-electron chi connectivity index (χ4n) is 4.25. The van der Waals surface area contributed by atoms with Gasteiger partial charge >= 0.3 is 6.03 Å². The van der Waals surface area contributed by atoms with Crippen LogP contribution in [0.1, 0.15) is 33.3 Å². The summed E-state index contributed by atoms with van der Waals surface area (Å²) in [6.07, 6.45) is -0.540. The predicted molar refractivity (Wildman–Crippen MR) is 151 cm³/mol. The van der Waals surface area contributed by atoms with Gasteiger partial charge in [0.15, 0.2) is 0 Å². The van der Waals surface area contributed by atoms with Crippen LogP contribution in [0.15, 0.2) is 47.4 Å². The summed E-state index contributed by atoms with van der Waals surface area (Å²) >= 11 is 5.89. The maximum Gasteiger partial charge on any atom is 0.317 e. The van der Waals surface area contributed by atoms with Crippen LogP contribution in [0.25, 0.3) is 0 Å². The van der Waals surface area contributed by atoms with Gasteiger partial charge in [-0.3, -0.25) is 9.52 Å². The van der Waals surface area contributed by atoms with Crippen LogP contribution < -0.4 is 14.8 Å². The number of nitrogens with one attached hydrogen (secondary N) is 2. The van der Waals surface area contributed by atoms with Crippen LogP contribution in [0.5, 0.6) is 5.75 Å². The Kier molecular flexibility index (Phi) is 10.1. The number of urea groups is 1. The Balaban J connectivity index is 1.95. The first kappa shape index (κ1) is 30.5. The molecule has 0 radical (unpaired) electrons. The summed E-state index contributed by atoms with van der Waals surface area (Å²) in [6.45, 7) is 7.79. The standard InChI is InChI=1S/C27H37ClN4O6S/c1-17(2)29-27(35)31(5)15-25-18(3)14-32(19(4)16-33)26(34)13-20-12-22(8-11-24(20)38-25)30-39(36,37)23-9-6-21(28)7-10-23/h6-12,17-19,25,30,33H,13-16H2,1-5H3,(H,29,35)/t18-,19+,25+/m1/s1. The third-order valence-electron chi connectivity index (χ3n) is 6.51. The van der Waals surface area contributed by atoms with Gasteiger partial charge < -0.3 is 25.0 Å². The first-order chi connectivity index (χ1) is 18.3. The third-order valence-corrected chi connectivity index (χ3v) is 8.15. The lowest BCUT2D eigenvalue weighted by Crippen LogP contribution is -2.49. The van der Waals surface area contributed by atoms with Crippen LogP contribution in [0.2, 0.25) is 5.02 Å². The molecular weight excluding hydrogens is 544 g/mol. The van der Waals surface area contributed by atoms with Crippen molar-refractivity contribution in [2.45, 2.75) is 57.2 Å². The van der Waals surface area contributed by atoms with E-state index in [0.717, 1.165) is 0 Å². The molecule has 0 saturated carbocycles. The largest absolute Gasteiger partial charge is 0.488 e. The number of nitrogens with zero attached hydrogens (tertiary/aromatic N) is 2. The molecule has 12 heteroatoms. The highest BCUT2D eigenvalue weighted by molar-refractivity contribution is 7.92. The van der Waals surface area contributed by atoms with E-state index in [9.17, 15) is 23.1 Å². The van der Waals surface area contributed by atoms with Crippen LogP contribution in [-0.2, 0) is 21.2 Å². The van der Waals surface area contributed by atoms with Gasteiger partial charge in [0, 0.05) is 41.8 Å². The number of likely N-dealkylation sites (N-methyl/N-ethyl adjacent to an activating group) is 1. The van der Waals surface area contributed by atoms with Crippen molar-refractivity contribution in [1.82, 2.24) is 15.1 Å². The summed E-state index contributed by atoms with van der Waals surface area (Å²) in [5.74, 6) is 0.00890. The Morgan fingerprint density at radius 3 is 2.49 bits per heavy atom. The van der Waals surface area contributed by atoms with E-state index >= 15 is 0 Å². The van der Waals surface area contributed by atoms with E-state index in [1.54, 1.807) is 37.1 Å². The SMILES string of the molecule is CC(C)NC(=O)N(C)C[C@@H]1Oc2ccc(NS(=O)(=O)c3ccc(Cl)cc3)cc2CC(=O)N([C@@H](C)CO)C[C@H]1C. The molecule has 0 spiro atoms. The molecule has 2 aromatic carbocycles. The number of sulfonamides is 1. The van der Waals surface area contributed by atoms with Gasteiger partial charge in [0.1, 0.15) is 11.9 Å². The van der Waals surface area contributed by atoms with Crippen LogP contribution in [0.3, 0.4) is 0 Å². The molecule has 214 valence electrons. The van der Waals surface area contributed by atoms with Gasteiger partial charge in [-0.25, -0.2) is 13.2 Å². The van der Waals surface area contributed by atoms with Crippen molar-refractivity contribution < 1.29 is 27.9 Å². The number of aliphatic hydroxyl groups excluding tert-OH is 1. The molecule has 1 aliphatic heterocycles. The minimum absolute atomic E-state index is 0.0341. The van der Waals surface area contributed by atoms with Gasteiger partial charge in [-0.15, -0.1) is 0 Å². The van der Waals surface area contributed by atoms with E-state index in [-0.39, 0.29) is 54.1 Å². The van der Waals surface area contributed by atoms with Crippen molar-refractivity contribution in [3.8, 4) is 5.75 Å². The number of benzene rings is 2. The Labute approximate surface area is 235 Å². The molecule has 3 amide bonds. The number of ether oxygens (including phenoxy) is 1. The Morgan fingerprint density at radius 2 is 1.87 bits per heavy atom. The Bertz CT molecular complexity index is 1270. The normalized spacial score (nSPS) is 18.8. The van der Waals surface area contributed by atoms with Crippen LogP contribution in [-0.4, -0.2) is 80.2 Å². The van der Waals surface area contributed by atoms with Gasteiger partial charge in [-0.1, -0.05) is 18.5 Å². The monoisotopic (exact) mass is 580 g/mol. The number of carbonyl (C=O) groups is 2. The lowest BCUT2D eigenvalue weighted by Gasteiger charge is -2.34. The second-order valence-electron chi connectivity index (χ2n) is 10.3. The molecule has 0 aliphatic carbocycles. The highest BCUT2D eigenvalue weighted by Gasteiger charge is 2.32. The van der Waals surface area contributed by atoms with E-state index < -0.39 is 22.2 Å². The molecule has 3 rings (SSSR count). The molecule has 2 aromatic rings. The zero-order valence-corrected chi connectivity index (χ0v) is 24.4. The molecule has 1 aliphatic rings. The molecule has 39 heavy (non-hydrogen) atoms. The van der Waals surface area contributed by atoms with E-state index in [2.05, 4.69) is 10.0 Å². The van der Waals surface area contributed by atoms with Gasteiger partial charge in [0.2, 0.25) is 5.91 Å². The molecule has 0 unspecified atom stereocenters. The number of anilines is 1. The number of amides is 3. The molecule has 3 atom stereocenters. The summed E-state index contributed by atoms with van der Waals surface area (Å²) in [7, 11) is -2.23. The van der Waals surface area contributed by atoms with E-state index in [0.29, 0.717) is 22.9 Å². The number of rotatable bonds is 8. The van der Waals surface area contributed by atoms with Crippen molar-refractivity contribution >= 4 is 39.2 Å². The van der Waals surface area contributed by atoms with Gasteiger partial charge in [0.25, 0.3) is 10.0 Å². The van der Waals surface area contributed by atoms with Gasteiger partial charge in [0.05, 0.1) is 30.5 Å². The molecule has 0 bridgehead atoms. The molecule has 1 heterocycles. The maximum absolute atomic E-state index is 13.4. The average molecular weight is 581 g/mol. The number of fused-ring (bicyclic) bond motifs is 1. The first-order valence-corrected chi connectivity index (χ1v) is 14.7. The van der Waals surface area contributed by atoms with Crippen molar-refractivity contribution in [3.63, 3.8) is 0 Å². The van der Waals surface area contributed by atoms with Crippen LogP contribution in [0, 0.1) is 5.92 Å². The van der Waals surface area contributed by atoms with Crippen molar-refractivity contribution in [2.24, 2.45) is 5.92 Å². The Hall–Kier alpha value is -3.02. The highest BCUT2D eigenvalue weighted by atomic mass is 35.5. The minimum Gasteiger partial charge on any atom is -0.488 e. The number of aliphatic hydroxyl groups is 1. The summed E-state index contributed by atoms with van der Waals surface area (Å²) in [5.41, 5.74) is 0.749. The number of hydrogen-bond donors (Lipinski definition) is 3. The maximum atomic E-state index is 13.4. The van der Waals surface area contributed by atoms with E-state index in [1.807, 2.05) is 20.8 Å². The van der Waals surface area contributed by atoms with Crippen molar-refractivity contribution in [2.75, 3.05) is 31.5 Å². The number of carbonyl (C=O) groups excluding carboxylic acids is 2. The predicted octanol–water partition coefficient (Wildman–Crippen LogP) is 3.34. The molecule has 0 aromatic heterocycles. The average Bonchev–Trinajstić information content (AvgIpc) is 2.91. The second-order valence-corrected chi connectivity index (χ2v) is 12.4. The molecule has 0 fully saturated rings. The van der Waals surface area contributed by atoms with Crippen molar-refractivity contribution in [1.29, 1.82) is 0 Å². The quantitative estimate of drug-likeness (QED) is 0.439. The number of hydrogen-bond acceptors (Lipinski definition) is 6. The molecule has 3 N–H and O–H groups in total. The van der Waals surface area contributed by atoms with E-state index in [4.69, 9.17) is 16.3 Å². The topological polar surface area (TPSA) is 128 Å². The summed E-state index contributed by atoms with van der Waals surface area (Å²) in [4.78, 5) is 29.1. The zero-order valence-electron chi connectivity index (χ0n) is 22.8. The minimum atomic E-state index is -3.91. The summed E-state index contributed by atoms with van der Waals surface area (Å²) in [5, 5.41) is 13.1. The molecule has 0 saturated heterocycles. The number of halogens is 1. The smallest absolute Gasteiger partial charge is 0.317 e. The fourth-order valence-corrected chi connectivity index (χ4v) is 5.42. The van der Waals surface area contributed by atoms with Gasteiger partial charge in [-0.2, -0.15) is 0 Å². The Morgan fingerprint density at radius 1 is 1.21 bits per heavy atom. The third kappa shape index (κ3) is 8.00. The molecule has 10 nitrogen and oxygen atoms in total. The highest BCUT2D eigenvalue weighted by Crippen LogP contribution is 2.30. The lowest BCUT2D eigenvalue weighted by atomic mass is 10.0. The van der Waals surface area contributed by atoms with Crippen LogP contribution >= 0.6 is 11.6 Å². The summed E-state index contributed by atoms with van der Waals surface area (Å²) < 4.78 is 34.8. The molecular formula is C27H37ClN4O6S. The fraction of sp³-hybridized carbons (Fsp3) is 0.481. The van der Waals surface area contributed by atoms with E-state index in [1.165, 1.54) is 29.2 Å². The van der Waals surface area contributed by atoms with Gasteiger partial charge in [-0.05, 0) is 63.2 Å².